The fourth-order valence-corrected chi connectivity index (χ4v) is 1.58. The molecule has 0 aliphatic carbocycles. The number of rotatable bonds is 2. The van der Waals surface area contributed by atoms with Crippen LogP contribution >= 0.6 is 0 Å². The maximum Gasteiger partial charge on any atom is 0.145 e. The Labute approximate surface area is 90.4 Å². The summed E-state index contributed by atoms with van der Waals surface area (Å²) in [6.07, 6.45) is 1.11. The minimum Gasteiger partial charge on any atom is -0.298 e. The fraction of sp³-hybridized carbons (Fsp3) is 0.0714. The standard InChI is InChI=1S/C14H12O/c1-11(10-15)8-12-6-7-13-4-2-3-5-14(13)9-12/h2-10H,1H3/b11-8+/i10D. The highest BCUT2D eigenvalue weighted by Crippen LogP contribution is 2.17. The summed E-state index contributed by atoms with van der Waals surface area (Å²) in [4.78, 5) is 10.8. The first kappa shape index (κ1) is 8.42. The summed E-state index contributed by atoms with van der Waals surface area (Å²) < 4.78 is 6.99. The van der Waals surface area contributed by atoms with Crippen molar-refractivity contribution in [3.63, 3.8) is 0 Å². The van der Waals surface area contributed by atoms with E-state index in [4.69, 9.17) is 1.37 Å². The molecule has 0 atom stereocenters. The normalized spacial score (nSPS) is 12.6. The summed E-state index contributed by atoms with van der Waals surface area (Å²) in [7, 11) is 0. The van der Waals surface area contributed by atoms with Crippen LogP contribution in [-0.2, 0) is 4.79 Å². The molecule has 0 spiro atoms. The van der Waals surface area contributed by atoms with E-state index in [0.29, 0.717) is 5.57 Å². The molecule has 74 valence electrons. The third-order valence-electron chi connectivity index (χ3n) is 2.32. The van der Waals surface area contributed by atoms with E-state index in [-0.39, 0.29) is 0 Å². The zero-order chi connectivity index (χ0) is 11.5. The molecule has 2 aromatic carbocycles. The summed E-state index contributed by atoms with van der Waals surface area (Å²) in [5.41, 5.74) is 1.41. The molecule has 0 heterocycles. The smallest absolute Gasteiger partial charge is 0.145 e. The van der Waals surface area contributed by atoms with Crippen LogP contribution in [0.3, 0.4) is 0 Å². The Kier molecular flexibility index (Phi) is 2.30. The third-order valence-corrected chi connectivity index (χ3v) is 2.32. The van der Waals surface area contributed by atoms with Gasteiger partial charge in [0.2, 0.25) is 0 Å². The Bertz CT molecular complexity index is 570. The van der Waals surface area contributed by atoms with Gasteiger partial charge in [0, 0.05) is 0 Å². The van der Waals surface area contributed by atoms with Gasteiger partial charge in [-0.2, -0.15) is 0 Å². The van der Waals surface area contributed by atoms with Crippen molar-refractivity contribution in [2.45, 2.75) is 6.92 Å². The third kappa shape index (κ3) is 2.13. The molecular formula is C14H12O. The Balaban J connectivity index is 2.47. The monoisotopic (exact) mass is 197 g/mol. The average molecular weight is 197 g/mol. The Morgan fingerprint density at radius 2 is 1.93 bits per heavy atom. The molecular weight excluding hydrogens is 184 g/mol. The SMILES string of the molecule is [2H]C(=O)/C(C)=C/c1ccc2ccccc2c1. The molecule has 0 aliphatic rings. The van der Waals surface area contributed by atoms with Crippen LogP contribution in [0, 0.1) is 0 Å². The van der Waals surface area contributed by atoms with E-state index in [1.54, 1.807) is 13.0 Å². The Morgan fingerprint density at radius 3 is 2.67 bits per heavy atom. The highest BCUT2D eigenvalue weighted by molar-refractivity contribution is 5.87. The van der Waals surface area contributed by atoms with E-state index in [9.17, 15) is 4.79 Å². The molecule has 0 fully saturated rings. The summed E-state index contributed by atoms with van der Waals surface area (Å²) in [6.45, 7) is 1.66. The lowest BCUT2D eigenvalue weighted by molar-refractivity contribution is -0.104. The van der Waals surface area contributed by atoms with Crippen LogP contribution in [0.2, 0.25) is 0 Å². The topological polar surface area (TPSA) is 17.1 Å². The van der Waals surface area contributed by atoms with Crippen molar-refractivity contribution in [2.75, 3.05) is 0 Å². The largest absolute Gasteiger partial charge is 0.298 e. The van der Waals surface area contributed by atoms with E-state index in [1.807, 2.05) is 42.5 Å². The number of carbonyl (C=O) groups excluding carboxylic acids is 1. The number of hydrogen-bond donors (Lipinski definition) is 0. The van der Waals surface area contributed by atoms with Crippen molar-refractivity contribution in [3.05, 3.63) is 53.6 Å². The van der Waals surface area contributed by atoms with Crippen molar-refractivity contribution < 1.29 is 6.17 Å². The molecule has 0 saturated carbocycles. The van der Waals surface area contributed by atoms with Gasteiger partial charge in [-0.1, -0.05) is 36.4 Å². The molecule has 0 saturated heterocycles. The van der Waals surface area contributed by atoms with Crippen molar-refractivity contribution in [1.82, 2.24) is 0 Å². The minimum atomic E-state index is -0.631. The van der Waals surface area contributed by atoms with Gasteiger partial charge in [-0.25, -0.2) is 0 Å². The van der Waals surface area contributed by atoms with Crippen LogP contribution in [0.15, 0.2) is 48.0 Å². The fourth-order valence-electron chi connectivity index (χ4n) is 1.58. The van der Waals surface area contributed by atoms with Gasteiger partial charge in [-0.05, 0) is 41.0 Å². The second-order valence-corrected chi connectivity index (χ2v) is 3.54. The minimum absolute atomic E-state index is 0.454. The second-order valence-electron chi connectivity index (χ2n) is 3.54. The molecule has 2 rings (SSSR count). The molecule has 15 heavy (non-hydrogen) atoms. The summed E-state index contributed by atoms with van der Waals surface area (Å²) in [5.74, 6) is 0. The molecule has 1 nitrogen and oxygen atoms in total. The first-order valence-electron chi connectivity index (χ1n) is 5.35. The van der Waals surface area contributed by atoms with E-state index in [0.717, 1.165) is 10.9 Å². The van der Waals surface area contributed by atoms with Gasteiger partial charge >= 0.3 is 0 Å². The van der Waals surface area contributed by atoms with Crippen LogP contribution in [0.4, 0.5) is 0 Å². The lowest BCUT2D eigenvalue weighted by Gasteiger charge is -1.99. The van der Waals surface area contributed by atoms with E-state index in [1.165, 1.54) is 5.39 Å². The Morgan fingerprint density at radius 1 is 1.20 bits per heavy atom. The molecule has 0 aliphatic heterocycles. The van der Waals surface area contributed by atoms with Gasteiger partial charge in [0.1, 0.15) is 7.63 Å². The predicted molar refractivity (Wildman–Crippen MR) is 63.7 cm³/mol. The van der Waals surface area contributed by atoms with Crippen LogP contribution in [0.5, 0.6) is 0 Å². The Hall–Kier alpha value is -1.89. The maximum absolute atomic E-state index is 10.8. The molecule has 2 aromatic rings. The number of benzene rings is 2. The van der Waals surface area contributed by atoms with E-state index < -0.39 is 6.26 Å². The van der Waals surface area contributed by atoms with Gasteiger partial charge < -0.3 is 0 Å². The van der Waals surface area contributed by atoms with Gasteiger partial charge in [0.25, 0.3) is 0 Å². The average Bonchev–Trinajstić information content (AvgIpc) is 2.28. The van der Waals surface area contributed by atoms with E-state index in [2.05, 4.69) is 0 Å². The second kappa shape index (κ2) is 4.09. The van der Waals surface area contributed by atoms with Crippen molar-refractivity contribution >= 4 is 23.1 Å². The van der Waals surface area contributed by atoms with Gasteiger partial charge in [0.05, 0.1) is 0 Å². The van der Waals surface area contributed by atoms with Crippen LogP contribution < -0.4 is 0 Å². The first-order valence-corrected chi connectivity index (χ1v) is 4.85. The summed E-state index contributed by atoms with van der Waals surface area (Å²) in [5, 5.41) is 2.32. The lowest BCUT2D eigenvalue weighted by Crippen LogP contribution is -1.79. The zero-order valence-electron chi connectivity index (χ0n) is 9.53. The van der Waals surface area contributed by atoms with Crippen LogP contribution in [0.1, 0.15) is 13.9 Å². The highest BCUT2D eigenvalue weighted by Gasteiger charge is 1.93. The van der Waals surface area contributed by atoms with Gasteiger partial charge in [0.15, 0.2) is 0 Å². The molecule has 0 bridgehead atoms. The molecule has 0 radical (unpaired) electrons. The van der Waals surface area contributed by atoms with Crippen LogP contribution in [0.25, 0.3) is 16.8 Å². The first-order chi connectivity index (χ1) is 7.66. The summed E-state index contributed by atoms with van der Waals surface area (Å²) in [6, 6.07) is 14.0. The number of allylic oxidation sites excluding steroid dienone is 1. The highest BCUT2D eigenvalue weighted by atomic mass is 16.1. The van der Waals surface area contributed by atoms with Gasteiger partial charge in [-0.3, -0.25) is 4.79 Å². The van der Waals surface area contributed by atoms with Crippen LogP contribution in [-0.4, -0.2) is 6.26 Å². The lowest BCUT2D eigenvalue weighted by atomic mass is 10.1. The number of fused-ring (bicyclic) bond motifs is 1. The quantitative estimate of drug-likeness (QED) is 0.532. The van der Waals surface area contributed by atoms with Gasteiger partial charge in [-0.15, -0.1) is 0 Å². The maximum atomic E-state index is 10.8. The number of hydrogen-bond acceptors (Lipinski definition) is 1. The molecule has 0 unspecified atom stereocenters. The van der Waals surface area contributed by atoms with Crippen molar-refractivity contribution in [2.24, 2.45) is 0 Å². The molecule has 0 aromatic heterocycles. The van der Waals surface area contributed by atoms with Crippen molar-refractivity contribution in [3.8, 4) is 0 Å². The predicted octanol–water partition coefficient (Wildman–Crippen LogP) is 3.44. The molecule has 0 N–H and O–H groups in total. The molecule has 0 amide bonds. The summed E-state index contributed by atoms with van der Waals surface area (Å²) >= 11 is 0. The number of carbonyl (C=O) groups is 1. The van der Waals surface area contributed by atoms with E-state index >= 15 is 0 Å². The molecule has 1 heteroatoms. The zero-order valence-corrected chi connectivity index (χ0v) is 8.53. The van der Waals surface area contributed by atoms with Crippen molar-refractivity contribution in [1.29, 1.82) is 0 Å². The number of aldehydes is 1.